The summed E-state index contributed by atoms with van der Waals surface area (Å²) in [7, 11) is 0. The second-order valence-corrected chi connectivity index (χ2v) is 6.31. The van der Waals surface area contributed by atoms with Crippen molar-refractivity contribution in [2.24, 2.45) is 0 Å². The number of aryl methyl sites for hydroxylation is 1. The number of H-pyrrole nitrogens is 1. The van der Waals surface area contributed by atoms with Gasteiger partial charge in [-0.15, -0.1) is 0 Å². The molecule has 2 heterocycles. The van der Waals surface area contributed by atoms with Gasteiger partial charge in [0, 0.05) is 17.2 Å². The van der Waals surface area contributed by atoms with Gasteiger partial charge in [-0.2, -0.15) is 16.4 Å². The van der Waals surface area contributed by atoms with Gasteiger partial charge in [-0.25, -0.2) is 4.98 Å². The van der Waals surface area contributed by atoms with Gasteiger partial charge in [0.05, 0.1) is 0 Å². The molecule has 1 amide bonds. The first-order chi connectivity index (χ1) is 11.1. The number of hydrogen-bond donors (Lipinski definition) is 2. The van der Waals surface area contributed by atoms with Crippen LogP contribution in [-0.2, 0) is 6.42 Å². The molecule has 0 aliphatic carbocycles. The van der Waals surface area contributed by atoms with Gasteiger partial charge in [-0.05, 0) is 54.8 Å². The van der Waals surface area contributed by atoms with Crippen LogP contribution >= 0.6 is 11.3 Å². The summed E-state index contributed by atoms with van der Waals surface area (Å²) in [5.74, 6) is 1.34. The van der Waals surface area contributed by atoms with Crippen molar-refractivity contribution in [3.05, 3.63) is 58.0 Å². The second kappa shape index (κ2) is 6.75. The smallest absolute Gasteiger partial charge is 0.251 e. The van der Waals surface area contributed by atoms with Crippen LogP contribution in [0.5, 0.6) is 0 Å². The van der Waals surface area contributed by atoms with E-state index in [-0.39, 0.29) is 11.9 Å². The quantitative estimate of drug-likeness (QED) is 0.756. The molecular weight excluding hydrogens is 308 g/mol. The molecule has 0 aliphatic heterocycles. The molecule has 1 aromatic carbocycles. The van der Waals surface area contributed by atoms with Crippen LogP contribution in [0, 0.1) is 6.92 Å². The number of nitrogens with zero attached hydrogens (tertiary/aromatic N) is 2. The fourth-order valence-electron chi connectivity index (χ4n) is 2.36. The monoisotopic (exact) mass is 326 g/mol. The number of carbonyl (C=O) groups excluding carboxylic acids is 1. The SMILES string of the molecule is Cc1nc(-c2ccc(C(=O)NC(C)Cc3ccsc3)cc2)n[nH]1. The Hall–Kier alpha value is -2.47. The lowest BCUT2D eigenvalue weighted by Gasteiger charge is -2.13. The van der Waals surface area contributed by atoms with Gasteiger partial charge >= 0.3 is 0 Å². The van der Waals surface area contributed by atoms with E-state index in [1.165, 1.54) is 5.56 Å². The van der Waals surface area contributed by atoms with E-state index in [1.807, 2.05) is 31.4 Å². The minimum absolute atomic E-state index is 0.0644. The molecule has 3 aromatic rings. The number of nitrogens with one attached hydrogen (secondary N) is 2. The number of carbonyl (C=O) groups is 1. The fraction of sp³-hybridized carbons (Fsp3) is 0.235. The van der Waals surface area contributed by atoms with E-state index in [0.29, 0.717) is 11.4 Å². The molecule has 0 saturated carbocycles. The van der Waals surface area contributed by atoms with Crippen LogP contribution in [0.2, 0.25) is 0 Å². The number of benzene rings is 1. The van der Waals surface area contributed by atoms with Crippen molar-refractivity contribution in [1.29, 1.82) is 0 Å². The molecule has 0 spiro atoms. The van der Waals surface area contributed by atoms with Crippen molar-refractivity contribution in [3.8, 4) is 11.4 Å². The average Bonchev–Trinajstić information content (AvgIpc) is 3.19. The highest BCUT2D eigenvalue weighted by atomic mass is 32.1. The minimum Gasteiger partial charge on any atom is -0.349 e. The van der Waals surface area contributed by atoms with Crippen LogP contribution in [0.4, 0.5) is 0 Å². The highest BCUT2D eigenvalue weighted by Gasteiger charge is 2.11. The summed E-state index contributed by atoms with van der Waals surface area (Å²) < 4.78 is 0. The molecule has 2 N–H and O–H groups in total. The Bertz CT molecular complexity index is 777. The van der Waals surface area contributed by atoms with Crippen molar-refractivity contribution in [1.82, 2.24) is 20.5 Å². The molecule has 23 heavy (non-hydrogen) atoms. The highest BCUT2D eigenvalue weighted by Crippen LogP contribution is 2.15. The summed E-state index contributed by atoms with van der Waals surface area (Å²) >= 11 is 1.67. The van der Waals surface area contributed by atoms with Crippen LogP contribution in [0.1, 0.15) is 28.7 Å². The number of thiophene rings is 1. The van der Waals surface area contributed by atoms with Gasteiger partial charge in [0.15, 0.2) is 5.82 Å². The highest BCUT2D eigenvalue weighted by molar-refractivity contribution is 7.07. The summed E-state index contributed by atoms with van der Waals surface area (Å²) in [6.45, 7) is 3.87. The van der Waals surface area contributed by atoms with E-state index in [0.717, 1.165) is 17.8 Å². The van der Waals surface area contributed by atoms with E-state index in [1.54, 1.807) is 23.5 Å². The first-order valence-corrected chi connectivity index (χ1v) is 8.37. The first kappa shape index (κ1) is 15.4. The van der Waals surface area contributed by atoms with E-state index in [9.17, 15) is 4.79 Å². The largest absolute Gasteiger partial charge is 0.349 e. The van der Waals surface area contributed by atoms with Gasteiger partial charge in [0.25, 0.3) is 5.91 Å². The van der Waals surface area contributed by atoms with Crippen LogP contribution in [0.3, 0.4) is 0 Å². The maximum absolute atomic E-state index is 12.3. The molecule has 0 fully saturated rings. The molecule has 0 bridgehead atoms. The Balaban J connectivity index is 1.63. The van der Waals surface area contributed by atoms with Gasteiger partial charge in [0.2, 0.25) is 0 Å². The number of aromatic nitrogens is 3. The van der Waals surface area contributed by atoms with Crippen LogP contribution in [-0.4, -0.2) is 27.1 Å². The number of aromatic amines is 1. The van der Waals surface area contributed by atoms with Crippen LogP contribution < -0.4 is 5.32 Å². The molecule has 1 unspecified atom stereocenters. The lowest BCUT2D eigenvalue weighted by molar-refractivity contribution is 0.0940. The third-order valence-electron chi connectivity index (χ3n) is 3.50. The Morgan fingerprint density at radius 3 is 2.70 bits per heavy atom. The van der Waals surface area contributed by atoms with Crippen molar-refractivity contribution >= 4 is 17.2 Å². The summed E-state index contributed by atoms with van der Waals surface area (Å²) in [6, 6.07) is 9.50. The van der Waals surface area contributed by atoms with Gasteiger partial charge in [-0.3, -0.25) is 9.89 Å². The molecule has 1 atom stereocenters. The van der Waals surface area contributed by atoms with Crippen LogP contribution in [0.15, 0.2) is 41.1 Å². The molecular formula is C17H18N4OS. The summed E-state index contributed by atoms with van der Waals surface area (Å²) in [6.07, 6.45) is 0.837. The molecule has 0 aliphatic rings. The lowest BCUT2D eigenvalue weighted by Crippen LogP contribution is -2.33. The van der Waals surface area contributed by atoms with E-state index in [4.69, 9.17) is 0 Å². The molecule has 118 valence electrons. The Kier molecular flexibility index (Phi) is 4.52. The fourth-order valence-corrected chi connectivity index (χ4v) is 3.04. The Labute approximate surface area is 138 Å². The lowest BCUT2D eigenvalue weighted by atomic mass is 10.1. The van der Waals surface area contributed by atoms with Crippen molar-refractivity contribution in [2.45, 2.75) is 26.3 Å². The van der Waals surface area contributed by atoms with Gasteiger partial charge < -0.3 is 5.32 Å². The van der Waals surface area contributed by atoms with E-state index in [2.05, 4.69) is 31.9 Å². The first-order valence-electron chi connectivity index (χ1n) is 7.43. The molecule has 3 rings (SSSR count). The Morgan fingerprint density at radius 1 is 1.30 bits per heavy atom. The van der Waals surface area contributed by atoms with Crippen LogP contribution in [0.25, 0.3) is 11.4 Å². The predicted octanol–water partition coefficient (Wildman–Crippen LogP) is 3.20. The summed E-state index contributed by atoms with van der Waals surface area (Å²) in [5.41, 5.74) is 2.77. The maximum atomic E-state index is 12.3. The second-order valence-electron chi connectivity index (χ2n) is 5.53. The Morgan fingerprint density at radius 2 is 2.09 bits per heavy atom. The number of amides is 1. The zero-order valence-electron chi connectivity index (χ0n) is 13.0. The third-order valence-corrected chi connectivity index (χ3v) is 4.23. The summed E-state index contributed by atoms with van der Waals surface area (Å²) in [4.78, 5) is 16.6. The number of hydrogen-bond acceptors (Lipinski definition) is 4. The third kappa shape index (κ3) is 3.84. The standard InChI is InChI=1S/C17H18N4OS/c1-11(9-13-7-8-23-10-13)18-17(22)15-5-3-14(4-6-15)16-19-12(2)20-21-16/h3-8,10-11H,9H2,1-2H3,(H,18,22)(H,19,20,21). The zero-order chi connectivity index (χ0) is 16.2. The van der Waals surface area contributed by atoms with Crippen molar-refractivity contribution in [3.63, 3.8) is 0 Å². The van der Waals surface area contributed by atoms with Gasteiger partial charge in [-0.1, -0.05) is 12.1 Å². The predicted molar refractivity (Wildman–Crippen MR) is 91.5 cm³/mol. The van der Waals surface area contributed by atoms with Gasteiger partial charge in [0.1, 0.15) is 5.82 Å². The molecule has 2 aromatic heterocycles. The molecule has 6 heteroatoms. The van der Waals surface area contributed by atoms with Crippen molar-refractivity contribution < 1.29 is 4.79 Å². The normalized spacial score (nSPS) is 12.1. The van der Waals surface area contributed by atoms with Crippen molar-refractivity contribution in [2.75, 3.05) is 0 Å². The van der Waals surface area contributed by atoms with E-state index >= 15 is 0 Å². The number of rotatable bonds is 5. The molecule has 0 saturated heterocycles. The van der Waals surface area contributed by atoms with E-state index < -0.39 is 0 Å². The maximum Gasteiger partial charge on any atom is 0.251 e. The molecule has 0 radical (unpaired) electrons. The summed E-state index contributed by atoms with van der Waals surface area (Å²) in [5, 5.41) is 14.1. The topological polar surface area (TPSA) is 70.7 Å². The molecule has 5 nitrogen and oxygen atoms in total. The zero-order valence-corrected chi connectivity index (χ0v) is 13.9. The minimum atomic E-state index is -0.0644. The average molecular weight is 326 g/mol.